The van der Waals surface area contributed by atoms with Gasteiger partial charge in [-0.25, -0.2) is 0 Å². The highest BCUT2D eigenvalue weighted by molar-refractivity contribution is 5.87. The minimum atomic E-state index is 0.00915. The van der Waals surface area contributed by atoms with Crippen LogP contribution in [0.25, 0.3) is 0 Å². The average molecular weight is 351 g/mol. The normalized spacial score (nSPS) is 23.8. The van der Waals surface area contributed by atoms with Gasteiger partial charge in [-0.15, -0.1) is 0 Å². The van der Waals surface area contributed by atoms with Gasteiger partial charge in [-0.3, -0.25) is 4.99 Å². The van der Waals surface area contributed by atoms with Crippen LogP contribution in [0.3, 0.4) is 0 Å². The Morgan fingerprint density at radius 3 is 2.48 bits per heavy atom. The lowest BCUT2D eigenvalue weighted by Crippen LogP contribution is -2.48. The van der Waals surface area contributed by atoms with Crippen LogP contribution in [0.5, 0.6) is 0 Å². The molecule has 1 aliphatic rings. The van der Waals surface area contributed by atoms with Crippen LogP contribution < -0.4 is 5.32 Å². The molecule has 142 valence electrons. The molecule has 1 saturated carbocycles. The highest BCUT2D eigenvalue weighted by Crippen LogP contribution is 2.40. The van der Waals surface area contributed by atoms with E-state index in [1.165, 1.54) is 0 Å². The Hall–Kier alpha value is -1.58. The molecule has 6 heteroatoms. The van der Waals surface area contributed by atoms with Crippen molar-refractivity contribution in [2.45, 2.75) is 46.5 Å². The second-order valence-electron chi connectivity index (χ2n) is 6.65. The lowest BCUT2D eigenvalue weighted by molar-refractivity contribution is 0.178. The van der Waals surface area contributed by atoms with Crippen molar-refractivity contribution in [3.63, 3.8) is 0 Å². The Kier molecular flexibility index (Phi) is 10.2. The highest BCUT2D eigenvalue weighted by Gasteiger charge is 2.42. The lowest BCUT2D eigenvalue weighted by Gasteiger charge is -2.41. The fourth-order valence-corrected chi connectivity index (χ4v) is 3.25. The summed E-state index contributed by atoms with van der Waals surface area (Å²) in [6.07, 6.45) is 5.90. The number of aliphatic hydroxyl groups is 2. The standard InChI is InChI=1S/C19H34N4O2/c1-4-6-8-21-19(18-15(3)13-16(18)14-20)22-17(7-5-2)23(9-11-24)10-12-25/h7,15-16,18,24-25H,4-6,8-13H2,1-3H3,(H,21,22)/b17-7+. The number of aliphatic hydroxyl groups excluding tert-OH is 2. The van der Waals surface area contributed by atoms with E-state index in [0.717, 1.165) is 43.9 Å². The summed E-state index contributed by atoms with van der Waals surface area (Å²) in [6, 6.07) is 2.40. The molecule has 0 spiro atoms. The number of hydrogen-bond donors (Lipinski definition) is 3. The predicted molar refractivity (Wildman–Crippen MR) is 101 cm³/mol. The van der Waals surface area contributed by atoms with E-state index in [0.29, 0.717) is 19.0 Å². The summed E-state index contributed by atoms with van der Waals surface area (Å²) in [4.78, 5) is 6.70. The van der Waals surface area contributed by atoms with E-state index in [9.17, 15) is 15.5 Å². The van der Waals surface area contributed by atoms with Crippen molar-refractivity contribution in [3.8, 4) is 6.07 Å². The Morgan fingerprint density at radius 1 is 1.32 bits per heavy atom. The van der Waals surface area contributed by atoms with Gasteiger partial charge >= 0.3 is 0 Å². The van der Waals surface area contributed by atoms with Crippen molar-refractivity contribution in [2.24, 2.45) is 22.7 Å². The lowest BCUT2D eigenvalue weighted by atomic mass is 9.65. The van der Waals surface area contributed by atoms with Crippen molar-refractivity contribution in [1.82, 2.24) is 10.2 Å². The van der Waals surface area contributed by atoms with E-state index in [-0.39, 0.29) is 25.0 Å². The average Bonchev–Trinajstić information content (AvgIpc) is 2.58. The molecule has 1 fully saturated rings. The molecule has 0 bridgehead atoms. The van der Waals surface area contributed by atoms with Gasteiger partial charge in [-0.05, 0) is 31.3 Å². The summed E-state index contributed by atoms with van der Waals surface area (Å²) < 4.78 is 0. The maximum absolute atomic E-state index is 9.39. The maximum Gasteiger partial charge on any atom is 0.106 e. The molecule has 0 aliphatic heterocycles. The molecule has 0 heterocycles. The summed E-state index contributed by atoms with van der Waals surface area (Å²) in [6.45, 7) is 8.04. The minimum Gasteiger partial charge on any atom is -0.395 e. The Labute approximate surface area is 152 Å². The number of rotatable bonds is 11. The van der Waals surface area contributed by atoms with Crippen LogP contribution in [0.4, 0.5) is 0 Å². The topological polar surface area (TPSA) is 91.9 Å². The number of unbranched alkanes of at least 4 members (excludes halogenated alkanes) is 1. The third-order valence-electron chi connectivity index (χ3n) is 4.68. The van der Waals surface area contributed by atoms with Crippen molar-refractivity contribution < 1.29 is 10.2 Å². The molecule has 0 saturated heterocycles. The molecule has 0 aromatic rings. The molecule has 0 amide bonds. The zero-order chi connectivity index (χ0) is 18.7. The number of allylic oxidation sites excluding steroid dienone is 1. The second kappa shape index (κ2) is 11.9. The largest absolute Gasteiger partial charge is 0.395 e. The number of nitrogens with one attached hydrogen (secondary N) is 1. The summed E-state index contributed by atoms with van der Waals surface area (Å²) in [5.41, 5.74) is 0. The molecule has 1 aliphatic carbocycles. The molecule has 1 rings (SSSR count). The van der Waals surface area contributed by atoms with Gasteiger partial charge in [0.05, 0.1) is 25.2 Å². The molecule has 0 radical (unpaired) electrons. The highest BCUT2D eigenvalue weighted by atomic mass is 16.3. The van der Waals surface area contributed by atoms with Crippen LogP contribution >= 0.6 is 0 Å². The van der Waals surface area contributed by atoms with Crippen LogP contribution in [0.15, 0.2) is 16.9 Å². The second-order valence-corrected chi connectivity index (χ2v) is 6.65. The summed E-state index contributed by atoms with van der Waals surface area (Å²) in [5, 5.41) is 31.5. The SMILES string of the molecule is CC/C=C(\NC(=NCCCC)C1C(C)CC1C#N)N(CCO)CCO. The summed E-state index contributed by atoms with van der Waals surface area (Å²) in [5.74, 6) is 2.31. The molecular formula is C19H34N4O2. The Balaban J connectivity index is 3.00. The third kappa shape index (κ3) is 6.33. The fraction of sp³-hybridized carbons (Fsp3) is 0.789. The summed E-state index contributed by atoms with van der Waals surface area (Å²) >= 11 is 0. The quantitative estimate of drug-likeness (QED) is 0.301. The first-order chi connectivity index (χ1) is 12.1. The molecule has 3 unspecified atom stereocenters. The monoisotopic (exact) mass is 350 g/mol. The van der Waals surface area contributed by atoms with E-state index in [2.05, 4.69) is 32.2 Å². The van der Waals surface area contributed by atoms with E-state index < -0.39 is 0 Å². The van der Waals surface area contributed by atoms with Gasteiger partial charge in [0.2, 0.25) is 0 Å². The first-order valence-electron chi connectivity index (χ1n) is 9.50. The Bertz CT molecular complexity index is 478. The molecule has 3 atom stereocenters. The van der Waals surface area contributed by atoms with Crippen LogP contribution in [0, 0.1) is 29.1 Å². The number of nitriles is 1. The van der Waals surface area contributed by atoms with Crippen LogP contribution in [0.1, 0.15) is 46.5 Å². The maximum atomic E-state index is 9.39. The minimum absolute atomic E-state index is 0.00915. The van der Waals surface area contributed by atoms with Gasteiger partial charge in [-0.2, -0.15) is 5.26 Å². The van der Waals surface area contributed by atoms with Crippen molar-refractivity contribution in [1.29, 1.82) is 5.26 Å². The van der Waals surface area contributed by atoms with Gasteiger partial charge in [0.15, 0.2) is 0 Å². The molecule has 3 N–H and O–H groups in total. The zero-order valence-electron chi connectivity index (χ0n) is 15.9. The number of hydrogen-bond acceptors (Lipinski definition) is 5. The van der Waals surface area contributed by atoms with E-state index in [1.54, 1.807) is 0 Å². The summed E-state index contributed by atoms with van der Waals surface area (Å²) in [7, 11) is 0. The van der Waals surface area contributed by atoms with E-state index in [4.69, 9.17) is 4.99 Å². The van der Waals surface area contributed by atoms with E-state index in [1.807, 2.05) is 11.0 Å². The Morgan fingerprint density at radius 2 is 2.00 bits per heavy atom. The van der Waals surface area contributed by atoms with Crippen LogP contribution in [-0.4, -0.2) is 53.8 Å². The third-order valence-corrected chi connectivity index (χ3v) is 4.68. The van der Waals surface area contributed by atoms with E-state index >= 15 is 0 Å². The van der Waals surface area contributed by atoms with Gasteiger partial charge in [0.1, 0.15) is 11.7 Å². The first kappa shape index (κ1) is 21.5. The molecule has 0 aromatic carbocycles. The zero-order valence-corrected chi connectivity index (χ0v) is 15.9. The number of nitrogens with zero attached hydrogens (tertiary/aromatic N) is 3. The number of aliphatic imine (C=N–C) groups is 1. The predicted octanol–water partition coefficient (Wildman–Crippen LogP) is 2.11. The van der Waals surface area contributed by atoms with Gasteiger partial charge in [0, 0.05) is 25.6 Å². The van der Waals surface area contributed by atoms with Crippen LogP contribution in [0.2, 0.25) is 0 Å². The molecule has 25 heavy (non-hydrogen) atoms. The molecule has 6 nitrogen and oxygen atoms in total. The fourth-order valence-electron chi connectivity index (χ4n) is 3.25. The smallest absolute Gasteiger partial charge is 0.106 e. The molecular weight excluding hydrogens is 316 g/mol. The number of amidine groups is 1. The van der Waals surface area contributed by atoms with Crippen LogP contribution in [-0.2, 0) is 0 Å². The van der Waals surface area contributed by atoms with Crippen molar-refractivity contribution in [2.75, 3.05) is 32.8 Å². The van der Waals surface area contributed by atoms with Gasteiger partial charge < -0.3 is 20.4 Å². The van der Waals surface area contributed by atoms with Gasteiger partial charge in [0.25, 0.3) is 0 Å². The van der Waals surface area contributed by atoms with Gasteiger partial charge in [-0.1, -0.05) is 27.2 Å². The van der Waals surface area contributed by atoms with Crippen molar-refractivity contribution in [3.05, 3.63) is 11.9 Å². The molecule has 0 aromatic heterocycles. The van der Waals surface area contributed by atoms with Crippen molar-refractivity contribution >= 4 is 5.84 Å². The first-order valence-corrected chi connectivity index (χ1v) is 9.50.